The van der Waals surface area contributed by atoms with E-state index in [0.29, 0.717) is 0 Å². The van der Waals surface area contributed by atoms with Crippen molar-refractivity contribution in [2.75, 3.05) is 11.5 Å². The quantitative estimate of drug-likeness (QED) is 0.658. The molecule has 1 fully saturated rings. The van der Waals surface area contributed by atoms with Crippen molar-refractivity contribution in [1.29, 1.82) is 0 Å². The molecule has 0 unspecified atom stereocenters. The summed E-state index contributed by atoms with van der Waals surface area (Å²) in [7, 11) is 0. The van der Waals surface area contributed by atoms with Crippen LogP contribution in [0.4, 0.5) is 0 Å². The molecule has 1 aliphatic rings. The molecule has 0 aromatic carbocycles. The van der Waals surface area contributed by atoms with Crippen LogP contribution in [0.5, 0.6) is 0 Å². The Morgan fingerprint density at radius 3 is 2.50 bits per heavy atom. The van der Waals surface area contributed by atoms with Crippen LogP contribution in [0.15, 0.2) is 0 Å². The smallest absolute Gasteiger partial charge is 0.125 e. The molecule has 0 aromatic rings. The van der Waals surface area contributed by atoms with Crippen molar-refractivity contribution in [2.45, 2.75) is 30.8 Å². The normalized spacial score (nSPS) is 24.8. The summed E-state index contributed by atoms with van der Waals surface area (Å²) in [5.74, 6) is 2.63. The molecule has 3 heteroatoms. The standard InChI is InChI=1S/C9H16OS2/c1-3-9(8(2)7-10)11-5-4-6-12-9/h7-8H,3-6H2,1-2H3/t8-/m0/s1. The van der Waals surface area contributed by atoms with Crippen LogP contribution in [0, 0.1) is 5.92 Å². The summed E-state index contributed by atoms with van der Waals surface area (Å²) in [5.41, 5.74) is 0. The van der Waals surface area contributed by atoms with E-state index >= 15 is 0 Å². The number of hydrogen-bond acceptors (Lipinski definition) is 3. The number of carbonyl (C=O) groups is 1. The van der Waals surface area contributed by atoms with Crippen LogP contribution in [0.3, 0.4) is 0 Å². The summed E-state index contributed by atoms with van der Waals surface area (Å²) in [4.78, 5) is 10.7. The Morgan fingerprint density at radius 2 is 2.08 bits per heavy atom. The first-order chi connectivity index (χ1) is 5.75. The van der Waals surface area contributed by atoms with Crippen LogP contribution < -0.4 is 0 Å². The maximum absolute atomic E-state index is 10.7. The molecular formula is C9H16OS2. The lowest BCUT2D eigenvalue weighted by molar-refractivity contribution is -0.110. The lowest BCUT2D eigenvalue weighted by Crippen LogP contribution is -2.32. The number of carbonyl (C=O) groups excluding carboxylic acids is 1. The summed E-state index contributed by atoms with van der Waals surface area (Å²) >= 11 is 3.95. The summed E-state index contributed by atoms with van der Waals surface area (Å²) in [6.07, 6.45) is 3.50. The van der Waals surface area contributed by atoms with Crippen molar-refractivity contribution in [1.82, 2.24) is 0 Å². The Balaban J connectivity index is 2.65. The number of rotatable bonds is 3. The first-order valence-corrected chi connectivity index (χ1v) is 6.45. The molecule has 0 bridgehead atoms. The van der Waals surface area contributed by atoms with Gasteiger partial charge in [-0.1, -0.05) is 13.8 Å². The van der Waals surface area contributed by atoms with E-state index in [1.54, 1.807) is 0 Å². The fourth-order valence-corrected chi connectivity index (χ4v) is 4.81. The summed E-state index contributed by atoms with van der Waals surface area (Å²) < 4.78 is 0.194. The van der Waals surface area contributed by atoms with Gasteiger partial charge in [-0.05, 0) is 24.3 Å². The second-order valence-electron chi connectivity index (χ2n) is 3.14. The maximum atomic E-state index is 10.7. The SMILES string of the molecule is CCC1([C@@H](C)C=O)SCCCS1. The number of hydrogen-bond donors (Lipinski definition) is 0. The third-order valence-corrected chi connectivity index (χ3v) is 6.36. The van der Waals surface area contributed by atoms with E-state index in [1.165, 1.54) is 17.9 Å². The zero-order valence-corrected chi connectivity index (χ0v) is 9.34. The predicted molar refractivity (Wildman–Crippen MR) is 57.8 cm³/mol. The van der Waals surface area contributed by atoms with Crippen molar-refractivity contribution < 1.29 is 4.79 Å². The van der Waals surface area contributed by atoms with Crippen LogP contribution in [0.25, 0.3) is 0 Å². The minimum atomic E-state index is 0.192. The molecule has 0 aliphatic carbocycles. The minimum Gasteiger partial charge on any atom is -0.303 e. The predicted octanol–water partition coefficient (Wildman–Crippen LogP) is 2.80. The van der Waals surface area contributed by atoms with Gasteiger partial charge in [0.1, 0.15) is 6.29 Å². The Kier molecular flexibility index (Phi) is 3.97. The van der Waals surface area contributed by atoms with E-state index in [1.807, 2.05) is 30.4 Å². The van der Waals surface area contributed by atoms with E-state index in [4.69, 9.17) is 0 Å². The zero-order chi connectivity index (χ0) is 9.03. The van der Waals surface area contributed by atoms with Gasteiger partial charge < -0.3 is 4.79 Å². The molecule has 0 saturated carbocycles. The van der Waals surface area contributed by atoms with Crippen LogP contribution in [0.1, 0.15) is 26.7 Å². The topological polar surface area (TPSA) is 17.1 Å². The zero-order valence-electron chi connectivity index (χ0n) is 7.71. The molecule has 0 aromatic heterocycles. The molecule has 0 spiro atoms. The first-order valence-electron chi connectivity index (χ1n) is 4.48. The highest BCUT2D eigenvalue weighted by molar-refractivity contribution is 8.18. The molecule has 1 heterocycles. The summed E-state index contributed by atoms with van der Waals surface area (Å²) in [5, 5.41) is 0. The van der Waals surface area contributed by atoms with Crippen LogP contribution >= 0.6 is 23.5 Å². The molecule has 0 N–H and O–H groups in total. The Hall–Kier alpha value is 0.370. The average molecular weight is 204 g/mol. The van der Waals surface area contributed by atoms with E-state index in [0.717, 1.165) is 12.7 Å². The molecular weight excluding hydrogens is 188 g/mol. The third kappa shape index (κ3) is 1.99. The van der Waals surface area contributed by atoms with Gasteiger partial charge in [0.2, 0.25) is 0 Å². The van der Waals surface area contributed by atoms with Gasteiger partial charge >= 0.3 is 0 Å². The molecule has 1 nitrogen and oxygen atoms in total. The second-order valence-corrected chi connectivity index (χ2v) is 6.25. The van der Waals surface area contributed by atoms with Crippen LogP contribution in [-0.4, -0.2) is 21.9 Å². The van der Waals surface area contributed by atoms with Gasteiger partial charge in [-0.2, -0.15) is 0 Å². The molecule has 1 aliphatic heterocycles. The van der Waals surface area contributed by atoms with Gasteiger partial charge in [0, 0.05) is 5.92 Å². The molecule has 1 saturated heterocycles. The number of thioether (sulfide) groups is 2. The van der Waals surface area contributed by atoms with E-state index in [2.05, 4.69) is 6.92 Å². The van der Waals surface area contributed by atoms with Gasteiger partial charge in [0.15, 0.2) is 0 Å². The summed E-state index contributed by atoms with van der Waals surface area (Å²) in [6, 6.07) is 0. The Morgan fingerprint density at radius 1 is 1.50 bits per heavy atom. The van der Waals surface area contributed by atoms with Gasteiger partial charge in [-0.15, -0.1) is 23.5 Å². The Bertz CT molecular complexity index is 153. The minimum absolute atomic E-state index is 0.192. The molecule has 1 atom stereocenters. The maximum Gasteiger partial charge on any atom is 0.125 e. The highest BCUT2D eigenvalue weighted by atomic mass is 32.2. The van der Waals surface area contributed by atoms with Gasteiger partial charge in [0.05, 0.1) is 4.08 Å². The largest absolute Gasteiger partial charge is 0.303 e. The van der Waals surface area contributed by atoms with E-state index in [-0.39, 0.29) is 10.00 Å². The van der Waals surface area contributed by atoms with Crippen molar-refractivity contribution in [2.24, 2.45) is 5.92 Å². The van der Waals surface area contributed by atoms with Crippen molar-refractivity contribution in [3.63, 3.8) is 0 Å². The average Bonchev–Trinajstić information content (AvgIpc) is 2.17. The summed E-state index contributed by atoms with van der Waals surface area (Å²) in [6.45, 7) is 4.23. The Labute approximate surface area is 83.1 Å². The van der Waals surface area contributed by atoms with Gasteiger partial charge in [-0.25, -0.2) is 0 Å². The van der Waals surface area contributed by atoms with Crippen LogP contribution in [-0.2, 0) is 4.79 Å². The lowest BCUT2D eigenvalue weighted by Gasteiger charge is -2.37. The second kappa shape index (κ2) is 4.56. The molecule has 0 radical (unpaired) electrons. The molecule has 1 rings (SSSR count). The third-order valence-electron chi connectivity index (χ3n) is 2.37. The first kappa shape index (κ1) is 10.5. The number of aldehydes is 1. The van der Waals surface area contributed by atoms with Gasteiger partial charge in [-0.3, -0.25) is 0 Å². The lowest BCUT2D eigenvalue weighted by atomic mass is 10.1. The molecule has 12 heavy (non-hydrogen) atoms. The molecule has 0 amide bonds. The van der Waals surface area contributed by atoms with E-state index < -0.39 is 0 Å². The fourth-order valence-electron chi connectivity index (χ4n) is 1.48. The monoisotopic (exact) mass is 204 g/mol. The molecule has 70 valence electrons. The van der Waals surface area contributed by atoms with Crippen molar-refractivity contribution >= 4 is 29.8 Å². The van der Waals surface area contributed by atoms with Crippen molar-refractivity contribution in [3.05, 3.63) is 0 Å². The highest BCUT2D eigenvalue weighted by Gasteiger charge is 2.37. The van der Waals surface area contributed by atoms with E-state index in [9.17, 15) is 4.79 Å². The fraction of sp³-hybridized carbons (Fsp3) is 0.889. The van der Waals surface area contributed by atoms with Gasteiger partial charge in [0.25, 0.3) is 0 Å². The van der Waals surface area contributed by atoms with Crippen LogP contribution in [0.2, 0.25) is 0 Å². The van der Waals surface area contributed by atoms with Crippen molar-refractivity contribution in [3.8, 4) is 0 Å². The highest BCUT2D eigenvalue weighted by Crippen LogP contribution is 2.49.